The molecular weight excluding hydrogens is 218 g/mol. The molecule has 1 saturated carbocycles. The Balaban J connectivity index is 1.62. The van der Waals surface area contributed by atoms with Crippen LogP contribution in [0.15, 0.2) is 0 Å². The molecule has 0 atom stereocenters. The monoisotopic (exact) mass is 251 g/mol. The standard InChI is InChI=1S/C17H33N/c1-13(2)5-6-15-11-17(12-15)16-7-9-18(10-8-16)14(3)4/h13-17H,5-12H2,1-4H3. The van der Waals surface area contributed by atoms with Crippen LogP contribution in [0.1, 0.15) is 66.2 Å². The highest BCUT2D eigenvalue weighted by molar-refractivity contribution is 4.87. The molecule has 0 unspecified atom stereocenters. The molecule has 1 aliphatic carbocycles. The van der Waals surface area contributed by atoms with Crippen molar-refractivity contribution in [2.24, 2.45) is 23.7 Å². The number of rotatable bonds is 5. The molecule has 1 saturated heterocycles. The van der Waals surface area contributed by atoms with Crippen molar-refractivity contribution in [2.75, 3.05) is 13.1 Å². The van der Waals surface area contributed by atoms with E-state index in [9.17, 15) is 0 Å². The highest BCUT2D eigenvalue weighted by Crippen LogP contribution is 2.45. The van der Waals surface area contributed by atoms with E-state index in [1.54, 1.807) is 12.8 Å². The minimum absolute atomic E-state index is 0.756. The van der Waals surface area contributed by atoms with Gasteiger partial charge in [-0.25, -0.2) is 0 Å². The maximum Gasteiger partial charge on any atom is 0.00385 e. The number of hydrogen-bond acceptors (Lipinski definition) is 1. The van der Waals surface area contributed by atoms with E-state index < -0.39 is 0 Å². The Kier molecular flexibility index (Phi) is 5.12. The van der Waals surface area contributed by atoms with E-state index in [4.69, 9.17) is 0 Å². The van der Waals surface area contributed by atoms with Crippen molar-refractivity contribution in [2.45, 2.75) is 72.3 Å². The zero-order chi connectivity index (χ0) is 13.1. The Labute approximate surface area is 114 Å². The van der Waals surface area contributed by atoms with Crippen molar-refractivity contribution in [3.8, 4) is 0 Å². The quantitative estimate of drug-likeness (QED) is 0.692. The molecule has 0 spiro atoms. The fourth-order valence-electron chi connectivity index (χ4n) is 3.88. The topological polar surface area (TPSA) is 3.24 Å². The summed E-state index contributed by atoms with van der Waals surface area (Å²) in [7, 11) is 0. The predicted molar refractivity (Wildman–Crippen MR) is 79.7 cm³/mol. The summed E-state index contributed by atoms with van der Waals surface area (Å²) >= 11 is 0. The molecule has 0 aromatic carbocycles. The van der Waals surface area contributed by atoms with Gasteiger partial charge in [-0.15, -0.1) is 0 Å². The fraction of sp³-hybridized carbons (Fsp3) is 1.00. The van der Waals surface area contributed by atoms with Crippen molar-refractivity contribution in [1.29, 1.82) is 0 Å². The minimum Gasteiger partial charge on any atom is -0.301 e. The van der Waals surface area contributed by atoms with E-state index in [0.29, 0.717) is 0 Å². The molecule has 1 heteroatoms. The molecule has 1 aliphatic heterocycles. The van der Waals surface area contributed by atoms with Crippen molar-refractivity contribution in [1.82, 2.24) is 4.90 Å². The average Bonchev–Trinajstić information content (AvgIpc) is 2.27. The lowest BCUT2D eigenvalue weighted by atomic mass is 9.64. The zero-order valence-electron chi connectivity index (χ0n) is 13.0. The first kappa shape index (κ1) is 14.4. The van der Waals surface area contributed by atoms with Crippen LogP contribution < -0.4 is 0 Å². The van der Waals surface area contributed by atoms with E-state index in [1.165, 1.54) is 38.8 Å². The molecule has 2 rings (SSSR count). The van der Waals surface area contributed by atoms with Gasteiger partial charge >= 0.3 is 0 Å². The molecule has 0 radical (unpaired) electrons. The van der Waals surface area contributed by atoms with Crippen molar-refractivity contribution >= 4 is 0 Å². The summed E-state index contributed by atoms with van der Waals surface area (Å²) in [6, 6.07) is 0.756. The van der Waals surface area contributed by atoms with Gasteiger partial charge in [-0.2, -0.15) is 0 Å². The van der Waals surface area contributed by atoms with Crippen LogP contribution >= 0.6 is 0 Å². The molecule has 0 amide bonds. The number of likely N-dealkylation sites (tertiary alicyclic amines) is 1. The molecular formula is C17H33N. The molecule has 1 nitrogen and oxygen atoms in total. The third-order valence-electron chi connectivity index (χ3n) is 5.40. The van der Waals surface area contributed by atoms with E-state index in [2.05, 4.69) is 32.6 Å². The maximum atomic E-state index is 2.66. The van der Waals surface area contributed by atoms with Gasteiger partial charge in [0.05, 0.1) is 0 Å². The first-order valence-electron chi connectivity index (χ1n) is 8.30. The fourth-order valence-corrected chi connectivity index (χ4v) is 3.88. The third kappa shape index (κ3) is 3.73. The average molecular weight is 251 g/mol. The van der Waals surface area contributed by atoms with Crippen molar-refractivity contribution in [3.05, 3.63) is 0 Å². The Morgan fingerprint density at radius 3 is 2.06 bits per heavy atom. The van der Waals surface area contributed by atoms with Gasteiger partial charge in [-0.05, 0) is 76.3 Å². The lowest BCUT2D eigenvalue weighted by Crippen LogP contribution is -2.42. The van der Waals surface area contributed by atoms with Gasteiger partial charge in [0.1, 0.15) is 0 Å². The third-order valence-corrected chi connectivity index (χ3v) is 5.40. The van der Waals surface area contributed by atoms with Crippen LogP contribution in [0.3, 0.4) is 0 Å². The Morgan fingerprint density at radius 1 is 0.944 bits per heavy atom. The predicted octanol–water partition coefficient (Wildman–Crippen LogP) is 4.57. The van der Waals surface area contributed by atoms with Crippen LogP contribution in [0, 0.1) is 23.7 Å². The molecule has 2 fully saturated rings. The summed E-state index contributed by atoms with van der Waals surface area (Å²) in [4.78, 5) is 2.66. The molecule has 106 valence electrons. The maximum absolute atomic E-state index is 2.66. The molecule has 0 aromatic rings. The van der Waals surface area contributed by atoms with Crippen LogP contribution in [0.2, 0.25) is 0 Å². The highest BCUT2D eigenvalue weighted by atomic mass is 15.1. The van der Waals surface area contributed by atoms with Gasteiger partial charge in [0.2, 0.25) is 0 Å². The van der Waals surface area contributed by atoms with E-state index in [0.717, 1.165) is 29.7 Å². The van der Waals surface area contributed by atoms with Gasteiger partial charge in [0, 0.05) is 6.04 Å². The van der Waals surface area contributed by atoms with Gasteiger partial charge < -0.3 is 4.90 Å². The smallest absolute Gasteiger partial charge is 0.00385 e. The summed E-state index contributed by atoms with van der Waals surface area (Å²) in [6.07, 6.45) is 9.00. The van der Waals surface area contributed by atoms with E-state index in [1.807, 2.05) is 0 Å². The molecule has 0 aromatic heterocycles. The van der Waals surface area contributed by atoms with Crippen LogP contribution in [-0.2, 0) is 0 Å². The van der Waals surface area contributed by atoms with Gasteiger partial charge in [-0.3, -0.25) is 0 Å². The minimum atomic E-state index is 0.756. The van der Waals surface area contributed by atoms with Crippen LogP contribution in [-0.4, -0.2) is 24.0 Å². The van der Waals surface area contributed by atoms with Crippen LogP contribution in [0.25, 0.3) is 0 Å². The summed E-state index contributed by atoms with van der Waals surface area (Å²) in [6.45, 7) is 12.1. The summed E-state index contributed by atoms with van der Waals surface area (Å²) in [5.74, 6) is 4.14. The molecule has 18 heavy (non-hydrogen) atoms. The lowest BCUT2D eigenvalue weighted by molar-refractivity contribution is 0.0537. The molecule has 2 aliphatic rings. The summed E-state index contributed by atoms with van der Waals surface area (Å²) in [5.41, 5.74) is 0. The summed E-state index contributed by atoms with van der Waals surface area (Å²) < 4.78 is 0. The molecule has 1 heterocycles. The summed E-state index contributed by atoms with van der Waals surface area (Å²) in [5, 5.41) is 0. The second-order valence-electron chi connectivity index (χ2n) is 7.54. The van der Waals surface area contributed by atoms with Gasteiger partial charge in [0.15, 0.2) is 0 Å². The second-order valence-corrected chi connectivity index (χ2v) is 7.54. The number of nitrogens with zero attached hydrogens (tertiary/aromatic N) is 1. The van der Waals surface area contributed by atoms with Gasteiger partial charge in [0.25, 0.3) is 0 Å². The Morgan fingerprint density at radius 2 is 1.56 bits per heavy atom. The van der Waals surface area contributed by atoms with E-state index >= 15 is 0 Å². The first-order valence-corrected chi connectivity index (χ1v) is 8.30. The Bertz CT molecular complexity index is 232. The SMILES string of the molecule is CC(C)CCC1CC(C2CCN(C(C)C)CC2)C1. The van der Waals surface area contributed by atoms with Crippen LogP contribution in [0.4, 0.5) is 0 Å². The molecule has 0 N–H and O–H groups in total. The number of hydrogen-bond donors (Lipinski definition) is 0. The van der Waals surface area contributed by atoms with Crippen molar-refractivity contribution < 1.29 is 0 Å². The Hall–Kier alpha value is -0.0400. The lowest BCUT2D eigenvalue weighted by Gasteiger charge is -2.45. The van der Waals surface area contributed by atoms with Gasteiger partial charge in [-0.1, -0.05) is 26.7 Å². The zero-order valence-corrected chi connectivity index (χ0v) is 13.0. The highest BCUT2D eigenvalue weighted by Gasteiger charge is 2.36. The van der Waals surface area contributed by atoms with E-state index in [-0.39, 0.29) is 0 Å². The largest absolute Gasteiger partial charge is 0.301 e. The number of piperidine rings is 1. The molecule has 0 bridgehead atoms. The first-order chi connectivity index (χ1) is 8.56. The normalized spacial score (nSPS) is 31.0. The van der Waals surface area contributed by atoms with Crippen molar-refractivity contribution in [3.63, 3.8) is 0 Å². The second kappa shape index (κ2) is 6.41. The van der Waals surface area contributed by atoms with Crippen LogP contribution in [0.5, 0.6) is 0 Å².